The first-order valence-corrected chi connectivity index (χ1v) is 6.63. The molecule has 0 unspecified atom stereocenters. The molecule has 3 nitrogen and oxygen atoms in total. The molecule has 1 aromatic rings. The van der Waals surface area contributed by atoms with Gasteiger partial charge < -0.3 is 5.32 Å². The summed E-state index contributed by atoms with van der Waals surface area (Å²) in [5, 5.41) is 3.27. The van der Waals surface area contributed by atoms with Crippen molar-refractivity contribution in [2.45, 2.75) is 32.6 Å². The smallest absolute Gasteiger partial charge is 0.251 e. The van der Waals surface area contributed by atoms with Crippen LogP contribution in [0, 0.1) is 6.92 Å². The highest BCUT2D eigenvalue weighted by molar-refractivity contribution is 6.29. The summed E-state index contributed by atoms with van der Waals surface area (Å²) in [6.07, 6.45) is 6.84. The van der Waals surface area contributed by atoms with Gasteiger partial charge in [-0.25, -0.2) is 4.98 Å². The molecule has 96 valence electrons. The Bertz CT molecular complexity index is 462. The van der Waals surface area contributed by atoms with Crippen LogP contribution >= 0.6 is 11.6 Å². The molecule has 1 aromatic heterocycles. The van der Waals surface area contributed by atoms with Gasteiger partial charge in [-0.3, -0.25) is 4.79 Å². The first-order valence-electron chi connectivity index (χ1n) is 6.25. The molecule has 0 spiro atoms. The minimum absolute atomic E-state index is 0.0824. The second-order valence-corrected chi connectivity index (χ2v) is 4.97. The Hall–Kier alpha value is -1.35. The standard InChI is InChI=1S/C14H17ClN2O/c1-10-8-12(9-13(15)17-10)14(18)16-7-6-11-4-2-3-5-11/h4,8-9H,2-3,5-7H2,1H3,(H,16,18). The second-order valence-electron chi connectivity index (χ2n) is 4.58. The van der Waals surface area contributed by atoms with Crippen molar-refractivity contribution in [2.75, 3.05) is 6.54 Å². The summed E-state index contributed by atoms with van der Waals surface area (Å²) in [5.74, 6) is -0.0824. The van der Waals surface area contributed by atoms with Gasteiger partial charge in [0.05, 0.1) is 0 Å². The Morgan fingerprint density at radius 3 is 3.00 bits per heavy atom. The summed E-state index contributed by atoms with van der Waals surface area (Å²) >= 11 is 5.83. The highest BCUT2D eigenvalue weighted by Gasteiger charge is 2.09. The summed E-state index contributed by atoms with van der Waals surface area (Å²) in [7, 11) is 0. The van der Waals surface area contributed by atoms with Crippen LogP contribution in [0.25, 0.3) is 0 Å². The Balaban J connectivity index is 1.87. The number of hydrogen-bond acceptors (Lipinski definition) is 2. The highest BCUT2D eigenvalue weighted by atomic mass is 35.5. The van der Waals surface area contributed by atoms with Crippen LogP contribution in [0.3, 0.4) is 0 Å². The Labute approximate surface area is 112 Å². The predicted molar refractivity (Wildman–Crippen MR) is 72.9 cm³/mol. The quantitative estimate of drug-likeness (QED) is 0.670. The summed E-state index contributed by atoms with van der Waals surface area (Å²) < 4.78 is 0. The average molecular weight is 265 g/mol. The van der Waals surface area contributed by atoms with Gasteiger partial charge in [-0.1, -0.05) is 23.3 Å². The van der Waals surface area contributed by atoms with Gasteiger partial charge in [-0.15, -0.1) is 0 Å². The number of amides is 1. The van der Waals surface area contributed by atoms with Crippen LogP contribution in [0.15, 0.2) is 23.8 Å². The number of rotatable bonds is 4. The Kier molecular flexibility index (Phi) is 4.37. The Morgan fingerprint density at radius 1 is 1.50 bits per heavy atom. The topological polar surface area (TPSA) is 42.0 Å². The summed E-state index contributed by atoms with van der Waals surface area (Å²) in [4.78, 5) is 15.9. The summed E-state index contributed by atoms with van der Waals surface area (Å²) in [6.45, 7) is 2.51. The number of carbonyl (C=O) groups excluding carboxylic acids is 1. The van der Waals surface area contributed by atoms with E-state index in [1.54, 1.807) is 12.1 Å². The lowest BCUT2D eigenvalue weighted by Crippen LogP contribution is -2.24. The van der Waals surface area contributed by atoms with Crippen LogP contribution in [-0.4, -0.2) is 17.4 Å². The van der Waals surface area contributed by atoms with Crippen LogP contribution in [0.5, 0.6) is 0 Å². The van der Waals surface area contributed by atoms with Gasteiger partial charge in [0, 0.05) is 17.8 Å². The van der Waals surface area contributed by atoms with Gasteiger partial charge >= 0.3 is 0 Å². The van der Waals surface area contributed by atoms with Crippen molar-refractivity contribution in [3.05, 3.63) is 40.2 Å². The lowest BCUT2D eigenvalue weighted by atomic mass is 10.1. The maximum Gasteiger partial charge on any atom is 0.251 e. The van der Waals surface area contributed by atoms with E-state index in [0.717, 1.165) is 12.1 Å². The van der Waals surface area contributed by atoms with E-state index < -0.39 is 0 Å². The molecule has 1 aliphatic rings. The van der Waals surface area contributed by atoms with Gasteiger partial charge in [0.15, 0.2) is 0 Å². The fourth-order valence-electron chi connectivity index (χ4n) is 2.16. The molecular formula is C14H17ClN2O. The largest absolute Gasteiger partial charge is 0.352 e. The zero-order chi connectivity index (χ0) is 13.0. The molecule has 2 rings (SSSR count). The highest BCUT2D eigenvalue weighted by Crippen LogP contribution is 2.19. The molecule has 1 N–H and O–H groups in total. The second kappa shape index (κ2) is 6.01. The van der Waals surface area contributed by atoms with E-state index >= 15 is 0 Å². The zero-order valence-electron chi connectivity index (χ0n) is 10.5. The van der Waals surface area contributed by atoms with Crippen LogP contribution in [-0.2, 0) is 0 Å². The third-order valence-electron chi connectivity index (χ3n) is 3.05. The fraction of sp³-hybridized carbons (Fsp3) is 0.429. The van der Waals surface area contributed by atoms with E-state index in [-0.39, 0.29) is 5.91 Å². The molecule has 0 bridgehead atoms. The number of aromatic nitrogens is 1. The molecule has 1 heterocycles. The van der Waals surface area contributed by atoms with Crippen LogP contribution in [0.2, 0.25) is 5.15 Å². The molecule has 1 aliphatic carbocycles. The van der Waals surface area contributed by atoms with Gasteiger partial charge in [0.2, 0.25) is 0 Å². The monoisotopic (exact) mass is 264 g/mol. The minimum Gasteiger partial charge on any atom is -0.352 e. The third-order valence-corrected chi connectivity index (χ3v) is 3.24. The molecule has 0 saturated heterocycles. The van der Waals surface area contributed by atoms with Crippen molar-refractivity contribution in [2.24, 2.45) is 0 Å². The van der Waals surface area contributed by atoms with Gasteiger partial charge in [-0.05, 0) is 44.7 Å². The van der Waals surface area contributed by atoms with E-state index in [2.05, 4.69) is 16.4 Å². The molecule has 0 aliphatic heterocycles. The SMILES string of the molecule is Cc1cc(C(=O)NCCC2=CCCC2)cc(Cl)n1. The van der Waals surface area contributed by atoms with E-state index in [0.29, 0.717) is 17.3 Å². The molecule has 1 amide bonds. The van der Waals surface area contributed by atoms with Crippen LogP contribution in [0.1, 0.15) is 41.7 Å². The number of nitrogens with one attached hydrogen (secondary N) is 1. The van der Waals surface area contributed by atoms with E-state index in [1.165, 1.54) is 24.8 Å². The fourth-order valence-corrected chi connectivity index (χ4v) is 2.41. The van der Waals surface area contributed by atoms with E-state index in [1.807, 2.05) is 6.92 Å². The molecule has 0 radical (unpaired) electrons. The number of carbonyl (C=O) groups is 1. The lowest BCUT2D eigenvalue weighted by molar-refractivity contribution is 0.0954. The van der Waals surface area contributed by atoms with Crippen molar-refractivity contribution in [3.8, 4) is 0 Å². The van der Waals surface area contributed by atoms with Crippen LogP contribution in [0.4, 0.5) is 0 Å². The molecule has 0 fully saturated rings. The molecule has 18 heavy (non-hydrogen) atoms. The number of halogens is 1. The predicted octanol–water partition coefficient (Wildman–Crippen LogP) is 3.27. The van der Waals surface area contributed by atoms with Gasteiger partial charge in [-0.2, -0.15) is 0 Å². The maximum atomic E-state index is 11.9. The lowest BCUT2D eigenvalue weighted by Gasteiger charge is -2.06. The number of pyridine rings is 1. The molecule has 4 heteroatoms. The zero-order valence-corrected chi connectivity index (χ0v) is 11.3. The van der Waals surface area contributed by atoms with E-state index in [9.17, 15) is 4.79 Å². The molecule has 0 atom stereocenters. The van der Waals surface area contributed by atoms with Gasteiger partial charge in [0.1, 0.15) is 5.15 Å². The minimum atomic E-state index is -0.0824. The van der Waals surface area contributed by atoms with E-state index in [4.69, 9.17) is 11.6 Å². The number of hydrogen-bond donors (Lipinski definition) is 1. The normalized spacial score (nSPS) is 14.4. The first-order chi connectivity index (χ1) is 8.65. The number of nitrogens with zero attached hydrogens (tertiary/aromatic N) is 1. The first kappa shape index (κ1) is 13.1. The van der Waals surface area contributed by atoms with Gasteiger partial charge in [0.25, 0.3) is 5.91 Å². The van der Waals surface area contributed by atoms with Crippen LogP contribution < -0.4 is 5.32 Å². The summed E-state index contributed by atoms with van der Waals surface area (Å²) in [5.41, 5.74) is 2.79. The van der Waals surface area contributed by atoms with Crippen molar-refractivity contribution < 1.29 is 4.79 Å². The van der Waals surface area contributed by atoms with Crippen molar-refractivity contribution in [3.63, 3.8) is 0 Å². The van der Waals surface area contributed by atoms with Crippen molar-refractivity contribution >= 4 is 17.5 Å². The number of allylic oxidation sites excluding steroid dienone is 1. The Morgan fingerprint density at radius 2 is 2.33 bits per heavy atom. The molecule has 0 saturated carbocycles. The maximum absolute atomic E-state index is 11.9. The average Bonchev–Trinajstić information content (AvgIpc) is 2.80. The summed E-state index contributed by atoms with van der Waals surface area (Å²) in [6, 6.07) is 3.34. The molecule has 0 aromatic carbocycles. The third kappa shape index (κ3) is 3.57. The van der Waals surface area contributed by atoms with Crippen molar-refractivity contribution in [1.82, 2.24) is 10.3 Å². The molecular weight excluding hydrogens is 248 g/mol. The van der Waals surface area contributed by atoms with Crippen molar-refractivity contribution in [1.29, 1.82) is 0 Å². The number of aryl methyl sites for hydroxylation is 1.